The van der Waals surface area contributed by atoms with Gasteiger partial charge in [0.2, 0.25) is 0 Å². The summed E-state index contributed by atoms with van der Waals surface area (Å²) in [5.74, 6) is -0.855. The van der Waals surface area contributed by atoms with Crippen LogP contribution in [0.2, 0.25) is 0 Å². The lowest BCUT2D eigenvalue weighted by atomic mass is 10.0. The molecule has 0 aromatic heterocycles. The van der Waals surface area contributed by atoms with E-state index in [0.717, 1.165) is 109 Å². The zero-order valence-electron chi connectivity index (χ0n) is 49.4. The van der Waals surface area contributed by atoms with Crippen LogP contribution in [-0.2, 0) is 32.7 Å². The van der Waals surface area contributed by atoms with Crippen LogP contribution < -0.4 is 4.89 Å². The van der Waals surface area contributed by atoms with Crippen LogP contribution in [0.4, 0.5) is 0 Å². The number of nitrogens with zero attached hydrogens (tertiary/aromatic N) is 1. The van der Waals surface area contributed by atoms with Crippen molar-refractivity contribution in [1.82, 2.24) is 0 Å². The first-order valence-electron chi connectivity index (χ1n) is 30.6. The number of quaternary nitrogens is 1. The quantitative estimate of drug-likeness (QED) is 0.0195. The van der Waals surface area contributed by atoms with Crippen molar-refractivity contribution in [2.75, 3.05) is 47.5 Å². The number of hydrogen-bond acceptors (Lipinski definition) is 8. The van der Waals surface area contributed by atoms with E-state index in [0.29, 0.717) is 17.4 Å². The highest BCUT2D eigenvalue weighted by Gasteiger charge is 2.22. The third-order valence-electron chi connectivity index (χ3n) is 12.8. The van der Waals surface area contributed by atoms with Crippen molar-refractivity contribution < 1.29 is 42.1 Å². The van der Waals surface area contributed by atoms with E-state index in [9.17, 15) is 19.0 Å². The molecule has 9 nitrogen and oxygen atoms in total. The zero-order chi connectivity index (χ0) is 55.6. The van der Waals surface area contributed by atoms with E-state index in [1.54, 1.807) is 0 Å². The summed E-state index contributed by atoms with van der Waals surface area (Å²) < 4.78 is 34.2. The molecule has 2 unspecified atom stereocenters. The third-order valence-corrected chi connectivity index (χ3v) is 13.8. The summed E-state index contributed by atoms with van der Waals surface area (Å²) in [6.45, 7) is 4.11. The number of esters is 2. The molecular formula is C66H114NO8P. The van der Waals surface area contributed by atoms with Crippen LogP contribution in [0.3, 0.4) is 0 Å². The summed E-state index contributed by atoms with van der Waals surface area (Å²) in [4.78, 5) is 37.9. The van der Waals surface area contributed by atoms with Gasteiger partial charge in [0.15, 0.2) is 6.10 Å². The molecule has 0 heterocycles. The van der Waals surface area contributed by atoms with Crippen molar-refractivity contribution in [3.05, 3.63) is 109 Å². The van der Waals surface area contributed by atoms with E-state index in [1.807, 2.05) is 21.1 Å². The molecular weight excluding hydrogens is 966 g/mol. The van der Waals surface area contributed by atoms with Gasteiger partial charge >= 0.3 is 11.9 Å². The fourth-order valence-electron chi connectivity index (χ4n) is 8.12. The Morgan fingerprint density at radius 2 is 0.750 bits per heavy atom. The zero-order valence-corrected chi connectivity index (χ0v) is 50.3. The Morgan fingerprint density at radius 3 is 1.12 bits per heavy atom. The SMILES string of the molecule is CC/C=C\C/C=C\C/C=C\C/C=C\C/C=C\C/C=C\C/C=C\C/C=C\C/C=C\CCCCCCCC(=O)OC(COC(=O)CCCCCCCCCCCCCCCCCCCCC)COP(=O)([O-])OCC[N+](C)(C)C. The van der Waals surface area contributed by atoms with Gasteiger partial charge in [0.25, 0.3) is 7.82 Å². The second kappa shape index (κ2) is 56.4. The molecule has 0 aliphatic carbocycles. The predicted molar refractivity (Wildman–Crippen MR) is 323 cm³/mol. The molecule has 10 heteroatoms. The molecule has 0 aromatic carbocycles. The van der Waals surface area contributed by atoms with Crippen molar-refractivity contribution in [2.24, 2.45) is 0 Å². The second-order valence-corrected chi connectivity index (χ2v) is 22.8. The van der Waals surface area contributed by atoms with Crippen LogP contribution in [0.15, 0.2) is 109 Å². The average molecular weight is 1080 g/mol. The van der Waals surface area contributed by atoms with E-state index in [-0.39, 0.29) is 32.0 Å². The van der Waals surface area contributed by atoms with E-state index < -0.39 is 26.5 Å². The maximum atomic E-state index is 12.8. The van der Waals surface area contributed by atoms with E-state index in [1.165, 1.54) is 103 Å². The average Bonchev–Trinajstić information content (AvgIpc) is 3.38. The Hall–Kier alpha value is -3.33. The smallest absolute Gasteiger partial charge is 0.306 e. The number of allylic oxidation sites excluding steroid dienone is 18. The number of phosphoric ester groups is 1. The largest absolute Gasteiger partial charge is 0.756 e. The molecule has 436 valence electrons. The minimum Gasteiger partial charge on any atom is -0.756 e. The number of carbonyl (C=O) groups excluding carboxylic acids is 2. The van der Waals surface area contributed by atoms with Crippen molar-refractivity contribution in [3.8, 4) is 0 Å². The predicted octanol–water partition coefficient (Wildman–Crippen LogP) is 18.7. The molecule has 0 radical (unpaired) electrons. The van der Waals surface area contributed by atoms with E-state index >= 15 is 0 Å². The van der Waals surface area contributed by atoms with Crippen molar-refractivity contribution >= 4 is 19.8 Å². The molecule has 0 spiro atoms. The normalized spacial score (nSPS) is 14.0. The van der Waals surface area contributed by atoms with Gasteiger partial charge in [-0.25, -0.2) is 0 Å². The molecule has 2 atom stereocenters. The Balaban J connectivity index is 4.21. The molecule has 0 aliphatic heterocycles. The van der Waals surface area contributed by atoms with Crippen molar-refractivity contribution in [2.45, 2.75) is 251 Å². The topological polar surface area (TPSA) is 111 Å². The molecule has 0 aromatic rings. The standard InChI is InChI=1S/C66H114NO8P/c1-6-8-10-12-14-16-18-20-22-24-26-27-28-29-30-31-32-33-34-35-36-37-38-39-41-43-45-47-49-51-53-55-57-59-66(69)75-64(63-74-76(70,71)73-61-60-67(3,4)5)62-72-65(68)58-56-54-52-50-48-46-44-42-40-25-23-21-19-17-15-13-11-9-7-2/h8,10,14,16,20,22,26-27,29-30,32-33,35-36,38-39,43,45,64H,6-7,9,11-13,15,17-19,21,23-25,28,31,34,37,40-42,44,46-63H2,1-5H3/b10-8-,16-14-,22-20-,27-26-,30-29-,33-32-,36-35-,39-38-,45-43-. The van der Waals surface area contributed by atoms with Gasteiger partial charge in [0.05, 0.1) is 27.7 Å². The Labute approximate surface area is 467 Å². The Kier molecular flexibility index (Phi) is 53.9. The highest BCUT2D eigenvalue weighted by atomic mass is 31.2. The minimum atomic E-state index is -4.65. The van der Waals surface area contributed by atoms with Crippen LogP contribution in [0.25, 0.3) is 0 Å². The maximum Gasteiger partial charge on any atom is 0.306 e. The lowest BCUT2D eigenvalue weighted by molar-refractivity contribution is -0.870. The van der Waals surface area contributed by atoms with Crippen molar-refractivity contribution in [1.29, 1.82) is 0 Å². The number of ether oxygens (including phenoxy) is 2. The maximum absolute atomic E-state index is 12.8. The summed E-state index contributed by atoms with van der Waals surface area (Å²) in [7, 11) is 1.14. The summed E-state index contributed by atoms with van der Waals surface area (Å²) in [6.07, 6.45) is 78.5. The first kappa shape index (κ1) is 72.7. The molecule has 0 bridgehead atoms. The fourth-order valence-corrected chi connectivity index (χ4v) is 8.85. The van der Waals surface area contributed by atoms with Crippen LogP contribution in [0.5, 0.6) is 0 Å². The van der Waals surface area contributed by atoms with Gasteiger partial charge < -0.3 is 27.9 Å². The van der Waals surface area contributed by atoms with Gasteiger partial charge in [-0.3, -0.25) is 14.2 Å². The van der Waals surface area contributed by atoms with E-state index in [4.69, 9.17) is 18.5 Å². The third kappa shape index (κ3) is 59.9. The first-order chi connectivity index (χ1) is 37.0. The highest BCUT2D eigenvalue weighted by molar-refractivity contribution is 7.45. The molecule has 0 amide bonds. The monoisotopic (exact) mass is 1080 g/mol. The summed E-state index contributed by atoms with van der Waals surface area (Å²) in [6, 6.07) is 0. The lowest BCUT2D eigenvalue weighted by Crippen LogP contribution is -2.37. The molecule has 0 saturated heterocycles. The minimum absolute atomic E-state index is 0.0392. The summed E-state index contributed by atoms with van der Waals surface area (Å²) >= 11 is 0. The van der Waals surface area contributed by atoms with E-state index in [2.05, 4.69) is 123 Å². The van der Waals surface area contributed by atoms with Crippen LogP contribution >= 0.6 is 7.82 Å². The van der Waals surface area contributed by atoms with Gasteiger partial charge in [0, 0.05) is 12.8 Å². The molecule has 0 saturated carbocycles. The number of rotatable bonds is 55. The Bertz CT molecular complexity index is 1650. The van der Waals surface area contributed by atoms with Crippen molar-refractivity contribution in [3.63, 3.8) is 0 Å². The number of carbonyl (C=O) groups is 2. The van der Waals surface area contributed by atoms with Crippen LogP contribution in [0.1, 0.15) is 245 Å². The number of phosphoric acid groups is 1. The number of hydrogen-bond donors (Lipinski definition) is 0. The van der Waals surface area contributed by atoms with Gasteiger partial charge in [-0.1, -0.05) is 258 Å². The number of unbranched alkanes of at least 4 members (excludes halogenated alkanes) is 23. The molecule has 0 fully saturated rings. The van der Waals surface area contributed by atoms with Crippen LogP contribution in [-0.4, -0.2) is 70.0 Å². The number of likely N-dealkylation sites (N-methyl/N-ethyl adjacent to an activating group) is 1. The highest BCUT2D eigenvalue weighted by Crippen LogP contribution is 2.38. The molecule has 76 heavy (non-hydrogen) atoms. The van der Waals surface area contributed by atoms with Gasteiger partial charge in [-0.2, -0.15) is 0 Å². The summed E-state index contributed by atoms with van der Waals surface area (Å²) in [5.41, 5.74) is 0. The Morgan fingerprint density at radius 1 is 0.421 bits per heavy atom. The fraction of sp³-hybridized carbons (Fsp3) is 0.697. The molecule has 0 aliphatic rings. The van der Waals surface area contributed by atoms with Gasteiger partial charge in [-0.15, -0.1) is 0 Å². The van der Waals surface area contributed by atoms with Gasteiger partial charge in [0.1, 0.15) is 19.8 Å². The lowest BCUT2D eigenvalue weighted by Gasteiger charge is -2.28. The summed E-state index contributed by atoms with van der Waals surface area (Å²) in [5, 5.41) is 0. The van der Waals surface area contributed by atoms with Gasteiger partial charge in [-0.05, 0) is 83.5 Å². The second-order valence-electron chi connectivity index (χ2n) is 21.3. The van der Waals surface area contributed by atoms with Crippen LogP contribution in [0, 0.1) is 0 Å². The first-order valence-corrected chi connectivity index (χ1v) is 32.1. The molecule has 0 N–H and O–H groups in total. The molecule has 0 rings (SSSR count).